The van der Waals surface area contributed by atoms with Crippen molar-refractivity contribution in [3.8, 4) is 0 Å². The van der Waals surface area contributed by atoms with Crippen LogP contribution in [0.25, 0.3) is 0 Å². The molecule has 9 nitrogen and oxygen atoms in total. The van der Waals surface area contributed by atoms with Gasteiger partial charge in [0, 0.05) is 37.4 Å². The van der Waals surface area contributed by atoms with Gasteiger partial charge in [-0.3, -0.25) is 24.1 Å². The molecule has 0 saturated carbocycles. The van der Waals surface area contributed by atoms with Gasteiger partial charge in [0.1, 0.15) is 6.04 Å². The highest BCUT2D eigenvalue weighted by molar-refractivity contribution is 5.98. The van der Waals surface area contributed by atoms with E-state index in [4.69, 9.17) is 4.74 Å². The maximum Gasteiger partial charge on any atom is 0.307 e. The van der Waals surface area contributed by atoms with Gasteiger partial charge in [0.2, 0.25) is 11.8 Å². The number of benzene rings is 1. The fourth-order valence-electron chi connectivity index (χ4n) is 4.29. The van der Waals surface area contributed by atoms with Crippen LogP contribution in [0.4, 0.5) is 5.69 Å². The summed E-state index contributed by atoms with van der Waals surface area (Å²) in [5.41, 5.74) is 1.08. The number of rotatable bonds is 9. The highest BCUT2D eigenvalue weighted by Gasteiger charge is 2.33. The summed E-state index contributed by atoms with van der Waals surface area (Å²) >= 11 is 0. The first-order chi connectivity index (χ1) is 16.5. The Morgan fingerprint density at radius 1 is 1.12 bits per heavy atom. The number of piperazine rings is 1. The van der Waals surface area contributed by atoms with Crippen LogP contribution in [0, 0.1) is 0 Å². The molecular weight excluding hydrogens is 436 g/mol. The monoisotopic (exact) mass is 472 g/mol. The van der Waals surface area contributed by atoms with Crippen molar-refractivity contribution in [1.29, 1.82) is 0 Å². The molecular formula is C25H36N4O5. The fraction of sp³-hybridized carbons (Fsp3) is 0.600. The summed E-state index contributed by atoms with van der Waals surface area (Å²) in [5.74, 6) is -1.05. The standard InChI is InChI=1S/C25H36N4O5/c1-2-3-15-34-23(31)17-21-24(32)26-11-14-29(21)18-22(30)27-20-10-8-9-19(16-20)25(33)28-12-6-4-5-7-13-28/h8-10,16,21H,2-7,11-15,17-18H2,1H3,(H,26,32)(H,27,30). The van der Waals surface area contributed by atoms with E-state index < -0.39 is 12.0 Å². The summed E-state index contributed by atoms with van der Waals surface area (Å²) in [6.07, 6.45) is 5.90. The van der Waals surface area contributed by atoms with Gasteiger partial charge in [-0.25, -0.2) is 0 Å². The number of nitrogens with zero attached hydrogens (tertiary/aromatic N) is 2. The molecule has 2 heterocycles. The van der Waals surface area contributed by atoms with E-state index in [0.717, 1.165) is 51.6 Å². The SMILES string of the molecule is CCCCOC(=O)CC1C(=O)NCCN1CC(=O)Nc1cccc(C(=O)N2CCCCCC2)c1. The minimum Gasteiger partial charge on any atom is -0.466 e. The lowest BCUT2D eigenvalue weighted by molar-refractivity contribution is -0.149. The Labute approximate surface area is 201 Å². The van der Waals surface area contributed by atoms with Crippen molar-refractivity contribution in [2.45, 2.75) is 57.9 Å². The zero-order valence-electron chi connectivity index (χ0n) is 20.0. The summed E-state index contributed by atoms with van der Waals surface area (Å²) < 4.78 is 5.19. The highest BCUT2D eigenvalue weighted by atomic mass is 16.5. The predicted octanol–water partition coefficient (Wildman–Crippen LogP) is 2.18. The van der Waals surface area contributed by atoms with Gasteiger partial charge in [0.15, 0.2) is 0 Å². The quantitative estimate of drug-likeness (QED) is 0.421. The zero-order chi connectivity index (χ0) is 24.3. The molecule has 1 aromatic carbocycles. The number of anilines is 1. The predicted molar refractivity (Wildman–Crippen MR) is 128 cm³/mol. The molecule has 2 aliphatic heterocycles. The third kappa shape index (κ3) is 7.55. The van der Waals surface area contributed by atoms with Crippen LogP contribution in [-0.2, 0) is 19.1 Å². The number of hydrogen-bond donors (Lipinski definition) is 2. The average Bonchev–Trinajstić information content (AvgIpc) is 3.11. The van der Waals surface area contributed by atoms with Gasteiger partial charge in [0.25, 0.3) is 5.91 Å². The minimum absolute atomic E-state index is 0.0210. The lowest BCUT2D eigenvalue weighted by Gasteiger charge is -2.33. The van der Waals surface area contributed by atoms with Crippen molar-refractivity contribution in [3.63, 3.8) is 0 Å². The third-order valence-electron chi connectivity index (χ3n) is 6.20. The molecule has 2 fully saturated rings. The van der Waals surface area contributed by atoms with Crippen molar-refractivity contribution in [2.24, 2.45) is 0 Å². The Hall–Kier alpha value is -2.94. The molecule has 2 N–H and O–H groups in total. The van der Waals surface area contributed by atoms with E-state index in [9.17, 15) is 19.2 Å². The van der Waals surface area contributed by atoms with Crippen LogP contribution in [-0.4, -0.2) is 78.9 Å². The van der Waals surface area contributed by atoms with E-state index in [1.165, 1.54) is 0 Å². The maximum atomic E-state index is 12.9. The van der Waals surface area contributed by atoms with E-state index in [2.05, 4.69) is 10.6 Å². The zero-order valence-corrected chi connectivity index (χ0v) is 20.0. The lowest BCUT2D eigenvalue weighted by Crippen LogP contribution is -2.57. The molecule has 186 valence electrons. The number of ether oxygens (including phenoxy) is 1. The smallest absolute Gasteiger partial charge is 0.307 e. The van der Waals surface area contributed by atoms with E-state index in [-0.39, 0.29) is 30.7 Å². The number of unbranched alkanes of at least 4 members (excludes halogenated alkanes) is 1. The van der Waals surface area contributed by atoms with Gasteiger partial charge >= 0.3 is 5.97 Å². The Balaban J connectivity index is 1.58. The van der Waals surface area contributed by atoms with Crippen molar-refractivity contribution < 1.29 is 23.9 Å². The Morgan fingerprint density at radius 2 is 1.88 bits per heavy atom. The molecule has 0 bridgehead atoms. The summed E-state index contributed by atoms with van der Waals surface area (Å²) in [6.45, 7) is 4.68. The molecule has 2 saturated heterocycles. The van der Waals surface area contributed by atoms with Gasteiger partial charge < -0.3 is 20.3 Å². The second-order valence-corrected chi connectivity index (χ2v) is 8.89. The molecule has 0 radical (unpaired) electrons. The Kier molecular flexibility index (Phi) is 9.88. The van der Waals surface area contributed by atoms with Crippen LogP contribution in [0.15, 0.2) is 24.3 Å². The van der Waals surface area contributed by atoms with Crippen LogP contribution < -0.4 is 10.6 Å². The largest absolute Gasteiger partial charge is 0.466 e. The molecule has 3 rings (SSSR count). The fourth-order valence-corrected chi connectivity index (χ4v) is 4.29. The topological polar surface area (TPSA) is 108 Å². The number of hydrogen-bond acceptors (Lipinski definition) is 6. The van der Waals surface area contributed by atoms with Gasteiger partial charge in [-0.15, -0.1) is 0 Å². The summed E-state index contributed by atoms with van der Waals surface area (Å²) in [6, 6.07) is 6.20. The van der Waals surface area contributed by atoms with E-state index >= 15 is 0 Å². The summed E-state index contributed by atoms with van der Waals surface area (Å²) in [7, 11) is 0. The van der Waals surface area contributed by atoms with Gasteiger partial charge in [0.05, 0.1) is 19.6 Å². The van der Waals surface area contributed by atoms with Crippen molar-refractivity contribution in [3.05, 3.63) is 29.8 Å². The molecule has 3 amide bonds. The molecule has 0 aliphatic carbocycles. The first kappa shape index (κ1) is 25.7. The van der Waals surface area contributed by atoms with Gasteiger partial charge in [-0.2, -0.15) is 0 Å². The van der Waals surface area contributed by atoms with Gasteiger partial charge in [-0.1, -0.05) is 32.3 Å². The van der Waals surface area contributed by atoms with Crippen molar-refractivity contribution >= 4 is 29.4 Å². The molecule has 1 aromatic rings. The maximum absolute atomic E-state index is 12.9. The van der Waals surface area contributed by atoms with Crippen LogP contribution in [0.3, 0.4) is 0 Å². The number of carbonyl (C=O) groups is 4. The summed E-state index contributed by atoms with van der Waals surface area (Å²) in [4.78, 5) is 53.7. The lowest BCUT2D eigenvalue weighted by atomic mass is 10.1. The van der Waals surface area contributed by atoms with Crippen LogP contribution >= 0.6 is 0 Å². The number of likely N-dealkylation sites (tertiary alicyclic amines) is 1. The second kappa shape index (κ2) is 13.1. The molecule has 1 atom stereocenters. The molecule has 0 spiro atoms. The number of carbonyl (C=O) groups excluding carboxylic acids is 4. The minimum atomic E-state index is -0.746. The number of amides is 3. The third-order valence-corrected chi connectivity index (χ3v) is 6.20. The Morgan fingerprint density at radius 3 is 2.62 bits per heavy atom. The average molecular weight is 473 g/mol. The first-order valence-electron chi connectivity index (χ1n) is 12.3. The molecule has 9 heteroatoms. The van der Waals surface area contributed by atoms with Crippen LogP contribution in [0.5, 0.6) is 0 Å². The van der Waals surface area contributed by atoms with Crippen LogP contribution in [0.1, 0.15) is 62.2 Å². The van der Waals surface area contributed by atoms with E-state index in [1.807, 2.05) is 11.8 Å². The van der Waals surface area contributed by atoms with E-state index in [0.29, 0.717) is 30.9 Å². The van der Waals surface area contributed by atoms with E-state index in [1.54, 1.807) is 29.2 Å². The highest BCUT2D eigenvalue weighted by Crippen LogP contribution is 2.17. The normalized spacial score (nSPS) is 19.1. The van der Waals surface area contributed by atoms with Crippen molar-refractivity contribution in [1.82, 2.24) is 15.1 Å². The molecule has 34 heavy (non-hydrogen) atoms. The molecule has 2 aliphatic rings. The first-order valence-corrected chi connectivity index (χ1v) is 12.3. The number of esters is 1. The molecule has 0 aromatic heterocycles. The van der Waals surface area contributed by atoms with Crippen LogP contribution in [0.2, 0.25) is 0 Å². The Bertz CT molecular complexity index is 867. The second-order valence-electron chi connectivity index (χ2n) is 8.89. The number of nitrogens with one attached hydrogen (secondary N) is 2. The summed E-state index contributed by atoms with van der Waals surface area (Å²) in [5, 5.41) is 5.58. The van der Waals surface area contributed by atoms with Gasteiger partial charge in [-0.05, 0) is 37.5 Å². The molecule has 1 unspecified atom stereocenters. The van der Waals surface area contributed by atoms with Crippen molar-refractivity contribution in [2.75, 3.05) is 44.6 Å².